The zero-order valence-corrected chi connectivity index (χ0v) is 14.5. The van der Waals surface area contributed by atoms with E-state index in [1.807, 2.05) is 0 Å². The van der Waals surface area contributed by atoms with Crippen molar-refractivity contribution in [3.8, 4) is 0 Å². The lowest BCUT2D eigenvalue weighted by Gasteiger charge is -2.19. The van der Waals surface area contributed by atoms with Crippen LogP contribution >= 0.6 is 0 Å². The molecule has 2 heterocycles. The van der Waals surface area contributed by atoms with Gasteiger partial charge in [-0.3, -0.25) is 4.79 Å². The smallest absolute Gasteiger partial charge is 0.224 e. The van der Waals surface area contributed by atoms with Gasteiger partial charge in [-0.2, -0.15) is 0 Å². The number of para-hydroxylation sites is 1. The standard InChI is InChI=1S/C21H25N3O/c25-21(19-9-11-22-14-19)23-13-16-5-7-17(8-6-16)15-24-12-10-18-3-1-2-4-20(18)24/h1-8,19,22H,9-15H2,(H,23,25). The van der Waals surface area contributed by atoms with Gasteiger partial charge in [-0.05, 0) is 42.1 Å². The first-order chi connectivity index (χ1) is 12.3. The molecule has 4 nitrogen and oxygen atoms in total. The molecule has 1 unspecified atom stereocenters. The van der Waals surface area contributed by atoms with E-state index in [0.29, 0.717) is 6.54 Å². The quantitative estimate of drug-likeness (QED) is 0.882. The fourth-order valence-electron chi connectivity index (χ4n) is 3.77. The zero-order chi connectivity index (χ0) is 17.1. The summed E-state index contributed by atoms with van der Waals surface area (Å²) < 4.78 is 0. The van der Waals surface area contributed by atoms with Crippen LogP contribution in [0.3, 0.4) is 0 Å². The van der Waals surface area contributed by atoms with Crippen molar-refractivity contribution in [1.29, 1.82) is 0 Å². The molecular weight excluding hydrogens is 310 g/mol. The van der Waals surface area contributed by atoms with Gasteiger partial charge in [0.15, 0.2) is 0 Å². The molecule has 2 N–H and O–H groups in total. The predicted molar refractivity (Wildman–Crippen MR) is 100 cm³/mol. The number of amides is 1. The first-order valence-electron chi connectivity index (χ1n) is 9.19. The van der Waals surface area contributed by atoms with E-state index in [2.05, 4.69) is 64.1 Å². The fourth-order valence-corrected chi connectivity index (χ4v) is 3.77. The van der Waals surface area contributed by atoms with Crippen LogP contribution in [0.1, 0.15) is 23.1 Å². The van der Waals surface area contributed by atoms with Gasteiger partial charge in [0.05, 0.1) is 5.92 Å². The van der Waals surface area contributed by atoms with E-state index in [1.54, 1.807) is 0 Å². The van der Waals surface area contributed by atoms with Crippen LogP contribution in [0.5, 0.6) is 0 Å². The number of rotatable bonds is 5. The second kappa shape index (κ2) is 7.28. The molecule has 4 heteroatoms. The second-order valence-electron chi connectivity index (χ2n) is 7.02. The normalized spacial score (nSPS) is 19.0. The predicted octanol–water partition coefficient (Wildman–Crippen LogP) is 2.47. The minimum Gasteiger partial charge on any atom is -0.367 e. The van der Waals surface area contributed by atoms with E-state index in [0.717, 1.165) is 44.6 Å². The number of carbonyl (C=O) groups is 1. The third kappa shape index (κ3) is 3.69. The average Bonchev–Trinajstić information content (AvgIpc) is 3.32. The summed E-state index contributed by atoms with van der Waals surface area (Å²) in [5.41, 5.74) is 5.28. The van der Waals surface area contributed by atoms with Crippen LogP contribution in [0, 0.1) is 5.92 Å². The third-order valence-electron chi connectivity index (χ3n) is 5.28. The molecule has 0 aromatic heterocycles. The Morgan fingerprint density at radius 2 is 1.92 bits per heavy atom. The van der Waals surface area contributed by atoms with Gasteiger partial charge in [-0.25, -0.2) is 0 Å². The number of carbonyl (C=O) groups excluding carboxylic acids is 1. The summed E-state index contributed by atoms with van der Waals surface area (Å²) in [4.78, 5) is 14.5. The lowest BCUT2D eigenvalue weighted by molar-refractivity contribution is -0.124. The minimum absolute atomic E-state index is 0.134. The molecule has 0 aliphatic carbocycles. The Balaban J connectivity index is 1.32. The molecular formula is C21H25N3O. The molecule has 0 radical (unpaired) electrons. The highest BCUT2D eigenvalue weighted by Crippen LogP contribution is 2.28. The topological polar surface area (TPSA) is 44.4 Å². The molecule has 25 heavy (non-hydrogen) atoms. The van der Waals surface area contributed by atoms with Crippen molar-refractivity contribution in [2.45, 2.75) is 25.9 Å². The van der Waals surface area contributed by atoms with E-state index in [4.69, 9.17) is 0 Å². The van der Waals surface area contributed by atoms with E-state index >= 15 is 0 Å². The van der Waals surface area contributed by atoms with Crippen LogP contribution in [-0.2, 0) is 24.3 Å². The number of nitrogens with zero attached hydrogens (tertiary/aromatic N) is 1. The fraction of sp³-hybridized carbons (Fsp3) is 0.381. The van der Waals surface area contributed by atoms with Crippen molar-refractivity contribution >= 4 is 11.6 Å². The van der Waals surface area contributed by atoms with Gasteiger partial charge >= 0.3 is 0 Å². The molecule has 1 atom stereocenters. The summed E-state index contributed by atoms with van der Waals surface area (Å²) in [5.74, 6) is 0.303. The number of hydrogen-bond donors (Lipinski definition) is 2. The maximum absolute atomic E-state index is 12.1. The molecule has 1 fully saturated rings. The molecule has 2 aliphatic heterocycles. The lowest BCUT2D eigenvalue weighted by atomic mass is 10.1. The van der Waals surface area contributed by atoms with Crippen LogP contribution in [0.2, 0.25) is 0 Å². The van der Waals surface area contributed by atoms with Gasteiger partial charge in [0.2, 0.25) is 5.91 Å². The average molecular weight is 335 g/mol. The number of anilines is 1. The first-order valence-corrected chi connectivity index (χ1v) is 9.19. The molecule has 1 saturated heterocycles. The summed E-state index contributed by atoms with van der Waals surface area (Å²) in [5, 5.41) is 6.29. The Morgan fingerprint density at radius 1 is 1.12 bits per heavy atom. The van der Waals surface area contributed by atoms with Gasteiger partial charge in [0, 0.05) is 31.9 Å². The maximum Gasteiger partial charge on any atom is 0.224 e. The van der Waals surface area contributed by atoms with Gasteiger partial charge < -0.3 is 15.5 Å². The third-order valence-corrected chi connectivity index (χ3v) is 5.28. The summed E-state index contributed by atoms with van der Waals surface area (Å²) >= 11 is 0. The van der Waals surface area contributed by atoms with E-state index in [-0.39, 0.29) is 11.8 Å². The van der Waals surface area contributed by atoms with Crippen LogP contribution in [0.15, 0.2) is 48.5 Å². The van der Waals surface area contributed by atoms with Crippen LogP contribution in [0.25, 0.3) is 0 Å². The second-order valence-corrected chi connectivity index (χ2v) is 7.02. The minimum atomic E-state index is 0.134. The molecule has 4 rings (SSSR count). The van der Waals surface area contributed by atoms with Crippen LogP contribution in [0.4, 0.5) is 5.69 Å². The number of nitrogens with one attached hydrogen (secondary N) is 2. The van der Waals surface area contributed by atoms with E-state index < -0.39 is 0 Å². The molecule has 2 aromatic rings. The van der Waals surface area contributed by atoms with Gasteiger partial charge in [-0.15, -0.1) is 0 Å². The molecule has 0 saturated carbocycles. The Bertz CT molecular complexity index is 735. The summed E-state index contributed by atoms with van der Waals surface area (Å²) in [7, 11) is 0. The van der Waals surface area contributed by atoms with Crippen LogP contribution in [-0.4, -0.2) is 25.5 Å². The highest BCUT2D eigenvalue weighted by molar-refractivity contribution is 5.79. The first kappa shape index (κ1) is 16.2. The largest absolute Gasteiger partial charge is 0.367 e. The van der Waals surface area contributed by atoms with Crippen molar-refractivity contribution in [3.05, 3.63) is 65.2 Å². The highest BCUT2D eigenvalue weighted by Gasteiger charge is 2.22. The highest BCUT2D eigenvalue weighted by atomic mass is 16.1. The molecule has 2 aromatic carbocycles. The van der Waals surface area contributed by atoms with E-state index in [9.17, 15) is 4.79 Å². The maximum atomic E-state index is 12.1. The van der Waals surface area contributed by atoms with Crippen molar-refractivity contribution in [3.63, 3.8) is 0 Å². The van der Waals surface area contributed by atoms with Gasteiger partial charge in [0.25, 0.3) is 0 Å². The van der Waals surface area contributed by atoms with E-state index in [1.165, 1.54) is 16.8 Å². The Morgan fingerprint density at radius 3 is 2.72 bits per heavy atom. The number of hydrogen-bond acceptors (Lipinski definition) is 3. The van der Waals surface area contributed by atoms with Crippen molar-refractivity contribution in [2.75, 3.05) is 24.5 Å². The molecule has 1 amide bonds. The van der Waals surface area contributed by atoms with Crippen molar-refractivity contribution in [2.24, 2.45) is 5.92 Å². The SMILES string of the molecule is O=C(NCc1ccc(CN2CCc3ccccc32)cc1)C1CCNC1. The molecule has 0 bridgehead atoms. The lowest BCUT2D eigenvalue weighted by Crippen LogP contribution is -2.31. The summed E-state index contributed by atoms with van der Waals surface area (Å²) in [6.45, 7) is 4.40. The Kier molecular flexibility index (Phi) is 4.70. The zero-order valence-electron chi connectivity index (χ0n) is 14.5. The Labute approximate surface area is 149 Å². The molecule has 130 valence electrons. The van der Waals surface area contributed by atoms with Crippen molar-refractivity contribution in [1.82, 2.24) is 10.6 Å². The number of benzene rings is 2. The molecule has 0 spiro atoms. The molecule has 2 aliphatic rings. The van der Waals surface area contributed by atoms with Crippen LogP contribution < -0.4 is 15.5 Å². The number of fused-ring (bicyclic) bond motifs is 1. The Hall–Kier alpha value is -2.33. The van der Waals surface area contributed by atoms with Gasteiger partial charge in [-0.1, -0.05) is 42.5 Å². The monoisotopic (exact) mass is 335 g/mol. The summed E-state index contributed by atoms with van der Waals surface area (Å²) in [6, 6.07) is 17.3. The van der Waals surface area contributed by atoms with Crippen molar-refractivity contribution < 1.29 is 4.79 Å². The summed E-state index contributed by atoms with van der Waals surface area (Å²) in [6.07, 6.45) is 2.08. The van der Waals surface area contributed by atoms with Gasteiger partial charge in [0.1, 0.15) is 0 Å².